The van der Waals surface area contributed by atoms with Gasteiger partial charge < -0.3 is 11.1 Å². The van der Waals surface area contributed by atoms with Gasteiger partial charge in [0.15, 0.2) is 0 Å². The summed E-state index contributed by atoms with van der Waals surface area (Å²) in [5.74, 6) is -1.02. The lowest BCUT2D eigenvalue weighted by Crippen LogP contribution is -2.36. The van der Waals surface area contributed by atoms with E-state index in [-0.39, 0.29) is 0 Å². The van der Waals surface area contributed by atoms with Gasteiger partial charge in [-0.1, -0.05) is 36.4 Å². The first kappa shape index (κ1) is 14.5. The van der Waals surface area contributed by atoms with Crippen molar-refractivity contribution in [3.8, 4) is 0 Å². The molecule has 0 fully saturated rings. The number of hydrogen-bond donors (Lipinski definition) is 2. The maximum absolute atomic E-state index is 11.9. The van der Waals surface area contributed by atoms with Gasteiger partial charge in [0, 0.05) is 12.3 Å². The Hall–Kier alpha value is -2.95. The molecule has 0 spiro atoms. The molecule has 21 heavy (non-hydrogen) atoms. The first-order chi connectivity index (χ1) is 10.2. The molecule has 5 heteroatoms. The minimum Gasteiger partial charge on any atom is -0.368 e. The normalized spacial score (nSPS) is 12.0. The highest BCUT2D eigenvalue weighted by Gasteiger charge is 2.18. The molecule has 3 N–H and O–H groups in total. The van der Waals surface area contributed by atoms with Crippen LogP contribution in [0.5, 0.6) is 0 Å². The third-order valence-electron chi connectivity index (χ3n) is 2.80. The van der Waals surface area contributed by atoms with Crippen molar-refractivity contribution in [3.05, 3.63) is 72.1 Å². The van der Waals surface area contributed by atoms with Crippen LogP contribution in [-0.4, -0.2) is 16.8 Å². The van der Waals surface area contributed by atoms with Crippen molar-refractivity contribution in [2.75, 3.05) is 0 Å². The number of carbonyl (C=O) groups is 2. The lowest BCUT2D eigenvalue weighted by Gasteiger charge is -2.14. The minimum atomic E-state index is -0.855. The number of amides is 2. The maximum Gasteiger partial charge on any atom is 0.244 e. The number of benzene rings is 1. The molecule has 2 aromatic rings. The van der Waals surface area contributed by atoms with E-state index in [1.807, 2.05) is 12.1 Å². The molecule has 2 rings (SSSR count). The molecular formula is C16H15N3O2. The molecule has 0 radical (unpaired) electrons. The van der Waals surface area contributed by atoms with Crippen LogP contribution in [0.2, 0.25) is 0 Å². The summed E-state index contributed by atoms with van der Waals surface area (Å²) in [6, 6.07) is 13.4. The summed E-state index contributed by atoms with van der Waals surface area (Å²) in [7, 11) is 0. The summed E-state index contributed by atoms with van der Waals surface area (Å²) in [6.45, 7) is 0. The predicted octanol–water partition coefficient (Wildman–Crippen LogP) is 1.44. The van der Waals surface area contributed by atoms with Gasteiger partial charge in [-0.05, 0) is 23.8 Å². The average molecular weight is 281 g/mol. The molecule has 0 bridgehead atoms. The number of nitrogens with one attached hydrogen (secondary N) is 1. The molecule has 0 aliphatic rings. The Morgan fingerprint density at radius 2 is 1.81 bits per heavy atom. The van der Waals surface area contributed by atoms with Crippen molar-refractivity contribution in [1.29, 1.82) is 0 Å². The number of aromatic nitrogens is 1. The molecule has 106 valence electrons. The minimum absolute atomic E-state index is 0.409. The largest absolute Gasteiger partial charge is 0.368 e. The zero-order valence-electron chi connectivity index (χ0n) is 11.3. The van der Waals surface area contributed by atoms with Crippen LogP contribution in [0.25, 0.3) is 6.08 Å². The van der Waals surface area contributed by atoms with Gasteiger partial charge in [-0.15, -0.1) is 0 Å². The van der Waals surface area contributed by atoms with E-state index in [0.717, 1.165) is 0 Å². The third kappa shape index (κ3) is 4.28. The number of hydrogen-bond acceptors (Lipinski definition) is 3. The van der Waals surface area contributed by atoms with E-state index in [1.54, 1.807) is 48.7 Å². The van der Waals surface area contributed by atoms with Crippen LogP contribution in [0.3, 0.4) is 0 Å². The highest BCUT2D eigenvalue weighted by molar-refractivity contribution is 5.95. The van der Waals surface area contributed by atoms with Gasteiger partial charge >= 0.3 is 0 Å². The molecule has 0 saturated heterocycles. The molecular weight excluding hydrogens is 266 g/mol. The Morgan fingerprint density at radius 3 is 2.43 bits per heavy atom. The molecule has 1 heterocycles. The molecule has 0 aliphatic carbocycles. The van der Waals surface area contributed by atoms with E-state index >= 15 is 0 Å². The van der Waals surface area contributed by atoms with E-state index < -0.39 is 17.9 Å². The van der Waals surface area contributed by atoms with E-state index in [0.29, 0.717) is 11.3 Å². The van der Waals surface area contributed by atoms with Gasteiger partial charge in [0.25, 0.3) is 0 Å². The summed E-state index contributed by atoms with van der Waals surface area (Å²) in [6.07, 6.45) is 4.52. The number of rotatable bonds is 5. The van der Waals surface area contributed by atoms with E-state index in [1.165, 1.54) is 6.08 Å². The van der Waals surface area contributed by atoms with Crippen molar-refractivity contribution < 1.29 is 9.59 Å². The molecule has 1 aromatic carbocycles. The predicted molar refractivity (Wildman–Crippen MR) is 79.8 cm³/mol. The second-order valence-electron chi connectivity index (χ2n) is 4.34. The smallest absolute Gasteiger partial charge is 0.244 e. The number of pyridine rings is 1. The first-order valence-electron chi connectivity index (χ1n) is 6.40. The van der Waals surface area contributed by atoms with Gasteiger partial charge in [0.2, 0.25) is 11.8 Å². The summed E-state index contributed by atoms with van der Waals surface area (Å²) in [5.41, 5.74) is 6.63. The van der Waals surface area contributed by atoms with Gasteiger partial charge in [-0.2, -0.15) is 0 Å². The zero-order valence-corrected chi connectivity index (χ0v) is 11.3. The van der Waals surface area contributed by atoms with Crippen molar-refractivity contribution in [2.45, 2.75) is 6.04 Å². The monoisotopic (exact) mass is 281 g/mol. The average Bonchev–Trinajstić information content (AvgIpc) is 2.52. The highest BCUT2D eigenvalue weighted by atomic mass is 16.2. The van der Waals surface area contributed by atoms with E-state index in [2.05, 4.69) is 10.3 Å². The summed E-state index contributed by atoms with van der Waals surface area (Å²) >= 11 is 0. The number of nitrogens with two attached hydrogens (primary N) is 1. The van der Waals surface area contributed by atoms with Gasteiger partial charge in [-0.25, -0.2) is 0 Å². The van der Waals surface area contributed by atoms with Crippen molar-refractivity contribution in [2.24, 2.45) is 5.73 Å². The first-order valence-corrected chi connectivity index (χ1v) is 6.40. The second-order valence-corrected chi connectivity index (χ2v) is 4.34. The van der Waals surface area contributed by atoms with Crippen molar-refractivity contribution >= 4 is 17.9 Å². The Balaban J connectivity index is 2.06. The fourth-order valence-electron chi connectivity index (χ4n) is 1.79. The number of primary amides is 1. The van der Waals surface area contributed by atoms with Crippen LogP contribution in [-0.2, 0) is 9.59 Å². The quantitative estimate of drug-likeness (QED) is 0.813. The van der Waals surface area contributed by atoms with Crippen LogP contribution >= 0.6 is 0 Å². The maximum atomic E-state index is 11.9. The van der Waals surface area contributed by atoms with E-state index in [9.17, 15) is 9.59 Å². The van der Waals surface area contributed by atoms with Gasteiger partial charge in [0.1, 0.15) is 6.04 Å². The summed E-state index contributed by atoms with van der Waals surface area (Å²) < 4.78 is 0. The molecule has 5 nitrogen and oxygen atoms in total. The SMILES string of the molecule is NC(=O)C(NC(=O)C=Cc1ccccn1)c1ccccc1. The van der Waals surface area contributed by atoms with Crippen LogP contribution in [0, 0.1) is 0 Å². The summed E-state index contributed by atoms with van der Waals surface area (Å²) in [4.78, 5) is 27.4. The molecule has 1 aromatic heterocycles. The Labute approximate surface area is 122 Å². The molecule has 0 saturated carbocycles. The fraction of sp³-hybridized carbons (Fsp3) is 0.0625. The van der Waals surface area contributed by atoms with Crippen molar-refractivity contribution in [3.63, 3.8) is 0 Å². The van der Waals surface area contributed by atoms with Crippen molar-refractivity contribution in [1.82, 2.24) is 10.3 Å². The topological polar surface area (TPSA) is 85.1 Å². The van der Waals surface area contributed by atoms with Crippen LogP contribution < -0.4 is 11.1 Å². The lowest BCUT2D eigenvalue weighted by molar-refractivity contribution is -0.125. The Morgan fingerprint density at radius 1 is 1.10 bits per heavy atom. The fourth-order valence-corrected chi connectivity index (χ4v) is 1.79. The number of nitrogens with zero attached hydrogens (tertiary/aromatic N) is 1. The van der Waals surface area contributed by atoms with Gasteiger partial charge in [0.05, 0.1) is 5.69 Å². The lowest BCUT2D eigenvalue weighted by atomic mass is 10.1. The van der Waals surface area contributed by atoms with Crippen LogP contribution in [0.15, 0.2) is 60.8 Å². The molecule has 0 aliphatic heterocycles. The Kier molecular flexibility index (Phi) is 4.82. The summed E-state index contributed by atoms with van der Waals surface area (Å²) in [5, 5.41) is 2.57. The third-order valence-corrected chi connectivity index (χ3v) is 2.80. The molecule has 1 atom stereocenters. The standard InChI is InChI=1S/C16H15N3O2/c17-16(21)15(12-6-2-1-3-7-12)19-14(20)10-9-13-8-4-5-11-18-13/h1-11,15H,(H2,17,21)(H,19,20). The highest BCUT2D eigenvalue weighted by Crippen LogP contribution is 2.11. The van der Waals surface area contributed by atoms with Crippen LogP contribution in [0.4, 0.5) is 0 Å². The number of carbonyl (C=O) groups excluding carboxylic acids is 2. The molecule has 2 amide bonds. The molecule has 1 unspecified atom stereocenters. The Bertz CT molecular complexity index is 639. The van der Waals surface area contributed by atoms with Crippen LogP contribution in [0.1, 0.15) is 17.3 Å². The van der Waals surface area contributed by atoms with Gasteiger partial charge in [-0.3, -0.25) is 14.6 Å². The second kappa shape index (κ2) is 7.00. The zero-order chi connectivity index (χ0) is 15.1. The van der Waals surface area contributed by atoms with E-state index in [4.69, 9.17) is 5.73 Å².